The molecule has 1 saturated carbocycles. The molecule has 2 amide bonds. The van der Waals surface area contributed by atoms with E-state index >= 15 is 0 Å². The van der Waals surface area contributed by atoms with Crippen molar-refractivity contribution < 1.29 is 18.0 Å². The van der Waals surface area contributed by atoms with Crippen molar-refractivity contribution in [1.82, 2.24) is 0 Å². The van der Waals surface area contributed by atoms with Gasteiger partial charge < -0.3 is 10.6 Å². The molecule has 0 unspecified atom stereocenters. The first-order chi connectivity index (χ1) is 12.8. The molecule has 0 saturated heterocycles. The van der Waals surface area contributed by atoms with Gasteiger partial charge in [-0.1, -0.05) is 12.1 Å². The van der Waals surface area contributed by atoms with E-state index in [2.05, 4.69) is 10.6 Å². The van der Waals surface area contributed by atoms with Gasteiger partial charge in [-0.2, -0.15) is 0 Å². The van der Waals surface area contributed by atoms with E-state index in [0.29, 0.717) is 17.1 Å². The second kappa shape index (κ2) is 7.40. The summed E-state index contributed by atoms with van der Waals surface area (Å²) in [5, 5.41) is 5.58. The summed E-state index contributed by atoms with van der Waals surface area (Å²) in [5.41, 5.74) is 1.76. The van der Waals surface area contributed by atoms with Gasteiger partial charge in [0, 0.05) is 24.3 Å². The standard InChI is InChI=1S/C19H21N3O4S/c1-22(27(2,25)26)17-6-4-3-5-16(17)19(24)21-15-11-9-14(10-12-15)20-18(23)13-7-8-13/h3-6,9-13H,7-8H2,1-2H3,(H,20,23)(H,21,24). The average molecular weight is 387 g/mol. The van der Waals surface area contributed by atoms with Gasteiger partial charge in [0.1, 0.15) is 0 Å². The molecule has 0 bridgehead atoms. The quantitative estimate of drug-likeness (QED) is 0.797. The lowest BCUT2D eigenvalue weighted by Gasteiger charge is -2.19. The molecule has 0 aliphatic heterocycles. The van der Waals surface area contributed by atoms with Crippen molar-refractivity contribution in [2.75, 3.05) is 28.2 Å². The van der Waals surface area contributed by atoms with Gasteiger partial charge >= 0.3 is 0 Å². The Morgan fingerprint density at radius 1 is 0.963 bits per heavy atom. The van der Waals surface area contributed by atoms with Crippen LogP contribution >= 0.6 is 0 Å². The molecule has 3 rings (SSSR count). The lowest BCUT2D eigenvalue weighted by atomic mass is 10.1. The van der Waals surface area contributed by atoms with Crippen molar-refractivity contribution in [3.63, 3.8) is 0 Å². The first kappa shape index (κ1) is 18.9. The molecule has 8 heteroatoms. The van der Waals surface area contributed by atoms with E-state index < -0.39 is 15.9 Å². The maximum atomic E-state index is 12.6. The summed E-state index contributed by atoms with van der Waals surface area (Å²) in [5.74, 6) is -0.284. The molecule has 2 aromatic carbocycles. The minimum atomic E-state index is -3.49. The fourth-order valence-corrected chi connectivity index (χ4v) is 3.06. The summed E-state index contributed by atoms with van der Waals surface area (Å²) in [6.45, 7) is 0. The number of anilines is 3. The van der Waals surface area contributed by atoms with Crippen LogP contribution in [0.2, 0.25) is 0 Å². The zero-order chi connectivity index (χ0) is 19.6. The Morgan fingerprint density at radius 2 is 1.52 bits per heavy atom. The number of benzene rings is 2. The Bertz CT molecular complexity index is 967. The molecule has 2 N–H and O–H groups in total. The summed E-state index contributed by atoms with van der Waals surface area (Å²) >= 11 is 0. The Labute approximate surface area is 158 Å². The minimum Gasteiger partial charge on any atom is -0.326 e. The number of rotatable bonds is 6. The first-order valence-electron chi connectivity index (χ1n) is 8.51. The Balaban J connectivity index is 1.73. The van der Waals surface area contributed by atoms with Crippen LogP contribution in [0.5, 0.6) is 0 Å². The Morgan fingerprint density at radius 3 is 2.07 bits per heavy atom. The highest BCUT2D eigenvalue weighted by Crippen LogP contribution is 2.30. The van der Waals surface area contributed by atoms with Crippen LogP contribution < -0.4 is 14.9 Å². The van der Waals surface area contributed by atoms with E-state index in [1.165, 1.54) is 7.05 Å². The molecule has 142 valence electrons. The van der Waals surface area contributed by atoms with E-state index in [1.54, 1.807) is 48.5 Å². The van der Waals surface area contributed by atoms with Gasteiger partial charge in [0.2, 0.25) is 15.9 Å². The molecular weight excluding hydrogens is 366 g/mol. The predicted octanol–water partition coefficient (Wildman–Crippen LogP) is 2.68. The van der Waals surface area contributed by atoms with Crippen molar-refractivity contribution in [3.8, 4) is 0 Å². The SMILES string of the molecule is CN(c1ccccc1C(=O)Nc1ccc(NC(=O)C2CC2)cc1)S(C)(=O)=O. The second-order valence-electron chi connectivity index (χ2n) is 6.54. The number of hydrogen-bond acceptors (Lipinski definition) is 4. The highest BCUT2D eigenvalue weighted by molar-refractivity contribution is 7.92. The summed E-state index contributed by atoms with van der Waals surface area (Å²) in [7, 11) is -2.09. The van der Waals surface area contributed by atoms with Crippen LogP contribution in [0.1, 0.15) is 23.2 Å². The lowest BCUT2D eigenvalue weighted by Crippen LogP contribution is -2.27. The molecule has 2 aromatic rings. The number of para-hydroxylation sites is 1. The molecule has 0 atom stereocenters. The number of carbonyl (C=O) groups excluding carboxylic acids is 2. The summed E-state index contributed by atoms with van der Waals surface area (Å²) in [6, 6.07) is 13.3. The fraction of sp³-hybridized carbons (Fsp3) is 0.263. The van der Waals surface area contributed by atoms with Gasteiger partial charge in [-0.3, -0.25) is 13.9 Å². The van der Waals surface area contributed by atoms with Gasteiger partial charge in [-0.15, -0.1) is 0 Å². The van der Waals surface area contributed by atoms with E-state index in [1.807, 2.05) is 0 Å². The first-order valence-corrected chi connectivity index (χ1v) is 10.4. The van der Waals surface area contributed by atoms with E-state index in [-0.39, 0.29) is 17.4 Å². The number of amides is 2. The van der Waals surface area contributed by atoms with Crippen LogP contribution in [0, 0.1) is 5.92 Å². The number of nitrogens with one attached hydrogen (secondary N) is 2. The molecule has 27 heavy (non-hydrogen) atoms. The van der Waals surface area contributed by atoms with Gasteiger partial charge in [-0.25, -0.2) is 8.42 Å². The van der Waals surface area contributed by atoms with Crippen molar-refractivity contribution in [2.24, 2.45) is 5.92 Å². The molecule has 0 radical (unpaired) electrons. The highest BCUT2D eigenvalue weighted by atomic mass is 32.2. The normalized spacial score (nSPS) is 13.7. The zero-order valence-electron chi connectivity index (χ0n) is 15.1. The second-order valence-corrected chi connectivity index (χ2v) is 8.56. The van der Waals surface area contributed by atoms with Gasteiger partial charge in [-0.05, 0) is 49.2 Å². The molecular formula is C19H21N3O4S. The van der Waals surface area contributed by atoms with Crippen molar-refractivity contribution >= 4 is 38.9 Å². The fourth-order valence-electron chi connectivity index (χ4n) is 2.54. The zero-order valence-corrected chi connectivity index (χ0v) is 15.9. The number of carbonyl (C=O) groups is 2. The lowest BCUT2D eigenvalue weighted by molar-refractivity contribution is -0.117. The Hall–Kier alpha value is -2.87. The molecule has 1 fully saturated rings. The monoisotopic (exact) mass is 387 g/mol. The van der Waals surface area contributed by atoms with Crippen molar-refractivity contribution in [2.45, 2.75) is 12.8 Å². The summed E-state index contributed by atoms with van der Waals surface area (Å²) in [6.07, 6.45) is 2.94. The molecule has 1 aliphatic carbocycles. The molecule has 1 aliphatic rings. The van der Waals surface area contributed by atoms with Crippen LogP contribution in [0.25, 0.3) is 0 Å². The van der Waals surface area contributed by atoms with Crippen molar-refractivity contribution in [1.29, 1.82) is 0 Å². The van der Waals surface area contributed by atoms with E-state index in [9.17, 15) is 18.0 Å². The third kappa shape index (κ3) is 4.65. The molecule has 7 nitrogen and oxygen atoms in total. The number of nitrogens with zero attached hydrogens (tertiary/aromatic N) is 1. The number of hydrogen-bond donors (Lipinski definition) is 2. The third-order valence-corrected chi connectivity index (χ3v) is 5.54. The molecule has 0 spiro atoms. The summed E-state index contributed by atoms with van der Waals surface area (Å²) < 4.78 is 24.7. The van der Waals surface area contributed by atoms with Crippen LogP contribution in [-0.4, -0.2) is 33.5 Å². The van der Waals surface area contributed by atoms with E-state index in [4.69, 9.17) is 0 Å². The Kier molecular flexibility index (Phi) is 5.18. The largest absolute Gasteiger partial charge is 0.326 e. The topological polar surface area (TPSA) is 95.6 Å². The smallest absolute Gasteiger partial charge is 0.257 e. The third-order valence-electron chi connectivity index (χ3n) is 4.34. The van der Waals surface area contributed by atoms with Crippen LogP contribution in [0.15, 0.2) is 48.5 Å². The summed E-state index contributed by atoms with van der Waals surface area (Å²) in [4.78, 5) is 24.4. The molecule has 0 aromatic heterocycles. The maximum absolute atomic E-state index is 12.6. The maximum Gasteiger partial charge on any atom is 0.257 e. The van der Waals surface area contributed by atoms with Gasteiger partial charge in [0.25, 0.3) is 5.91 Å². The number of sulfonamides is 1. The highest BCUT2D eigenvalue weighted by Gasteiger charge is 2.29. The van der Waals surface area contributed by atoms with Gasteiger partial charge in [0.05, 0.1) is 17.5 Å². The van der Waals surface area contributed by atoms with Crippen LogP contribution in [0.3, 0.4) is 0 Å². The predicted molar refractivity (Wildman–Crippen MR) is 105 cm³/mol. The van der Waals surface area contributed by atoms with Crippen LogP contribution in [0.4, 0.5) is 17.1 Å². The minimum absolute atomic E-state index is 0.0181. The van der Waals surface area contributed by atoms with Gasteiger partial charge in [0.15, 0.2) is 0 Å². The van der Waals surface area contributed by atoms with Crippen molar-refractivity contribution in [3.05, 3.63) is 54.1 Å². The van der Waals surface area contributed by atoms with Crippen LogP contribution in [-0.2, 0) is 14.8 Å². The average Bonchev–Trinajstić information content (AvgIpc) is 3.47. The molecule has 0 heterocycles. The van der Waals surface area contributed by atoms with E-state index in [0.717, 1.165) is 23.4 Å².